The zero-order valence-corrected chi connectivity index (χ0v) is 20.9. The predicted octanol–water partition coefficient (Wildman–Crippen LogP) is 5.91. The van der Waals surface area contributed by atoms with Gasteiger partial charge in [-0.15, -0.1) is 0 Å². The van der Waals surface area contributed by atoms with E-state index in [1.54, 1.807) is 36.1 Å². The van der Waals surface area contributed by atoms with Gasteiger partial charge < -0.3 is 19.7 Å². The number of nitrogens with zero attached hydrogens (tertiary/aromatic N) is 3. The lowest BCUT2D eigenvalue weighted by Crippen LogP contribution is -2.43. The second-order valence-electron chi connectivity index (χ2n) is 8.46. The number of fused-ring (bicyclic) bond motifs is 1. The van der Waals surface area contributed by atoms with Gasteiger partial charge in [-0.2, -0.15) is 5.26 Å². The fourth-order valence-electron chi connectivity index (χ4n) is 4.20. The second kappa shape index (κ2) is 10.8. The number of hydrogen-bond acceptors (Lipinski definition) is 6. The van der Waals surface area contributed by atoms with Gasteiger partial charge in [0.15, 0.2) is 17.3 Å². The summed E-state index contributed by atoms with van der Waals surface area (Å²) in [5.41, 5.74) is 1.89. The van der Waals surface area contributed by atoms with Crippen LogP contribution in [0.5, 0.6) is 11.5 Å². The number of piperidine rings is 1. The van der Waals surface area contributed by atoms with Gasteiger partial charge in [-0.1, -0.05) is 24.2 Å². The van der Waals surface area contributed by atoms with Crippen LogP contribution in [-0.2, 0) is 4.79 Å². The molecule has 0 spiro atoms. The number of likely N-dealkylation sites (tertiary alicyclic amines) is 1. The molecule has 7 nitrogen and oxygen atoms in total. The number of anilines is 2. The molecule has 1 aromatic heterocycles. The Kier molecular flexibility index (Phi) is 7.61. The van der Waals surface area contributed by atoms with E-state index in [0.29, 0.717) is 53.3 Å². The van der Waals surface area contributed by atoms with Gasteiger partial charge in [-0.3, -0.25) is 9.78 Å². The minimum atomic E-state index is -0.609. The molecule has 1 aliphatic rings. The fraction of sp³-hybridized carbons (Fsp3) is 0.296. The molecule has 0 radical (unpaired) electrons. The summed E-state index contributed by atoms with van der Waals surface area (Å²) in [5, 5.41) is 13.3. The summed E-state index contributed by atoms with van der Waals surface area (Å²) >= 11 is 6.11. The van der Waals surface area contributed by atoms with E-state index in [0.717, 1.165) is 12.8 Å². The molecule has 4 rings (SSSR count). The zero-order chi connectivity index (χ0) is 25.8. The Morgan fingerprint density at radius 3 is 2.94 bits per heavy atom. The average Bonchev–Trinajstić information content (AvgIpc) is 2.89. The Morgan fingerprint density at radius 1 is 1.42 bits per heavy atom. The van der Waals surface area contributed by atoms with E-state index >= 15 is 0 Å². The Labute approximate surface area is 214 Å². The van der Waals surface area contributed by atoms with E-state index in [4.69, 9.17) is 21.1 Å². The number of carbonyl (C=O) groups is 1. The summed E-state index contributed by atoms with van der Waals surface area (Å²) in [5.74, 6) is 0.191. The molecule has 0 saturated carbocycles. The lowest BCUT2D eigenvalue weighted by atomic mass is 10.1. The summed E-state index contributed by atoms with van der Waals surface area (Å²) in [6.07, 6.45) is 4.03. The van der Waals surface area contributed by atoms with Gasteiger partial charge in [-0.05, 0) is 50.5 Å². The van der Waals surface area contributed by atoms with Crippen molar-refractivity contribution in [2.45, 2.75) is 32.8 Å². The SMILES string of the molecule is C=CC(=O)N1CCCC(Oc2cc3c(Nc4ccc(C)c(Cl)c4F)c(C#N)cnc3cc2OCC)C1. The number of benzene rings is 2. The number of pyridine rings is 1. The summed E-state index contributed by atoms with van der Waals surface area (Å²) < 4.78 is 27.0. The third-order valence-corrected chi connectivity index (χ3v) is 6.51. The van der Waals surface area contributed by atoms with Crippen molar-refractivity contribution >= 4 is 39.8 Å². The van der Waals surface area contributed by atoms with Crippen LogP contribution in [0.1, 0.15) is 30.9 Å². The van der Waals surface area contributed by atoms with Crippen LogP contribution >= 0.6 is 11.6 Å². The monoisotopic (exact) mass is 508 g/mol. The van der Waals surface area contributed by atoms with Crippen molar-refractivity contribution < 1.29 is 18.7 Å². The van der Waals surface area contributed by atoms with E-state index in [2.05, 4.69) is 22.9 Å². The van der Waals surface area contributed by atoms with Crippen LogP contribution in [0.25, 0.3) is 10.9 Å². The first-order chi connectivity index (χ1) is 17.4. The lowest BCUT2D eigenvalue weighted by Gasteiger charge is -2.32. The molecule has 2 heterocycles. The molecule has 1 saturated heterocycles. The van der Waals surface area contributed by atoms with Crippen LogP contribution in [0.15, 0.2) is 43.1 Å². The molecule has 1 N–H and O–H groups in total. The summed E-state index contributed by atoms with van der Waals surface area (Å²) in [6.45, 7) is 8.62. The number of carbonyl (C=O) groups excluding carboxylic acids is 1. The number of amides is 1. The summed E-state index contributed by atoms with van der Waals surface area (Å²) in [6, 6.07) is 8.85. The number of rotatable bonds is 7. The van der Waals surface area contributed by atoms with E-state index in [1.165, 1.54) is 12.3 Å². The number of hydrogen-bond donors (Lipinski definition) is 1. The number of aryl methyl sites for hydroxylation is 1. The van der Waals surface area contributed by atoms with Crippen LogP contribution in [0, 0.1) is 24.1 Å². The molecular weight excluding hydrogens is 483 g/mol. The van der Waals surface area contributed by atoms with E-state index in [1.807, 2.05) is 6.92 Å². The Bertz CT molecular complexity index is 1370. The smallest absolute Gasteiger partial charge is 0.246 e. The first kappa shape index (κ1) is 25.3. The molecule has 2 aromatic carbocycles. The van der Waals surface area contributed by atoms with E-state index in [-0.39, 0.29) is 28.3 Å². The Balaban J connectivity index is 1.78. The normalized spacial score (nSPS) is 15.3. The first-order valence-electron chi connectivity index (χ1n) is 11.7. The van der Waals surface area contributed by atoms with Crippen LogP contribution < -0.4 is 14.8 Å². The molecule has 1 unspecified atom stereocenters. The first-order valence-corrected chi connectivity index (χ1v) is 12.0. The molecular formula is C27H26ClFN4O3. The van der Waals surface area contributed by atoms with Crippen LogP contribution in [0.2, 0.25) is 5.02 Å². The molecule has 1 atom stereocenters. The minimum absolute atomic E-state index is 0.00967. The van der Waals surface area contributed by atoms with Crippen molar-refractivity contribution in [3.05, 3.63) is 65.1 Å². The van der Waals surface area contributed by atoms with Crippen molar-refractivity contribution in [2.75, 3.05) is 25.0 Å². The maximum absolute atomic E-state index is 14.9. The highest BCUT2D eigenvalue weighted by Gasteiger charge is 2.25. The van der Waals surface area contributed by atoms with Gasteiger partial charge in [0, 0.05) is 24.2 Å². The van der Waals surface area contributed by atoms with Gasteiger partial charge >= 0.3 is 0 Å². The average molecular weight is 509 g/mol. The highest BCUT2D eigenvalue weighted by atomic mass is 35.5. The summed E-state index contributed by atoms with van der Waals surface area (Å²) in [4.78, 5) is 18.2. The highest BCUT2D eigenvalue weighted by molar-refractivity contribution is 6.31. The molecule has 36 heavy (non-hydrogen) atoms. The molecule has 9 heteroatoms. The fourth-order valence-corrected chi connectivity index (χ4v) is 4.37. The number of aromatic nitrogens is 1. The van der Waals surface area contributed by atoms with E-state index in [9.17, 15) is 14.4 Å². The third kappa shape index (κ3) is 5.07. The van der Waals surface area contributed by atoms with Gasteiger partial charge in [0.2, 0.25) is 5.91 Å². The number of halogens is 2. The Hall–Kier alpha value is -3.83. The van der Waals surface area contributed by atoms with Gasteiger partial charge in [0.1, 0.15) is 12.2 Å². The van der Waals surface area contributed by atoms with Crippen molar-refractivity contribution in [1.82, 2.24) is 9.88 Å². The van der Waals surface area contributed by atoms with Crippen LogP contribution in [0.4, 0.5) is 15.8 Å². The van der Waals surface area contributed by atoms with Gasteiger partial charge in [0.25, 0.3) is 0 Å². The van der Waals surface area contributed by atoms with Gasteiger partial charge in [0.05, 0.1) is 40.6 Å². The molecule has 0 bridgehead atoms. The topological polar surface area (TPSA) is 87.5 Å². The van der Waals surface area contributed by atoms with Crippen molar-refractivity contribution in [2.24, 2.45) is 0 Å². The number of nitrogens with one attached hydrogen (secondary N) is 1. The molecule has 1 amide bonds. The number of ether oxygens (including phenoxy) is 2. The van der Waals surface area contributed by atoms with Crippen molar-refractivity contribution in [3.63, 3.8) is 0 Å². The molecule has 3 aromatic rings. The van der Waals surface area contributed by atoms with Crippen LogP contribution in [-0.4, -0.2) is 41.6 Å². The van der Waals surface area contributed by atoms with Gasteiger partial charge in [-0.25, -0.2) is 4.39 Å². The molecule has 0 aliphatic carbocycles. The zero-order valence-electron chi connectivity index (χ0n) is 20.1. The number of nitriles is 1. The quantitative estimate of drug-likeness (QED) is 0.399. The summed E-state index contributed by atoms with van der Waals surface area (Å²) in [7, 11) is 0. The molecule has 186 valence electrons. The van der Waals surface area contributed by atoms with Crippen LogP contribution in [0.3, 0.4) is 0 Å². The maximum Gasteiger partial charge on any atom is 0.246 e. The molecule has 1 aliphatic heterocycles. The van der Waals surface area contributed by atoms with Crippen molar-refractivity contribution in [1.29, 1.82) is 5.26 Å². The largest absolute Gasteiger partial charge is 0.490 e. The maximum atomic E-state index is 14.9. The standard InChI is InChI=1S/C27H26ClFN4O3/c1-4-24(34)33-10-6-7-18(15-33)36-23-11-19-21(12-22(23)35-5-2)31-14-17(13-30)27(19)32-20-9-8-16(3)25(28)26(20)29/h4,8-9,11-12,14,18H,1,5-7,10,15H2,2-3H3,(H,31,32). The van der Waals surface area contributed by atoms with Crippen molar-refractivity contribution in [3.8, 4) is 17.6 Å². The molecule has 1 fully saturated rings. The Morgan fingerprint density at radius 2 is 2.22 bits per heavy atom. The second-order valence-corrected chi connectivity index (χ2v) is 8.84. The minimum Gasteiger partial charge on any atom is -0.490 e. The predicted molar refractivity (Wildman–Crippen MR) is 137 cm³/mol. The van der Waals surface area contributed by atoms with E-state index < -0.39 is 5.82 Å². The lowest BCUT2D eigenvalue weighted by molar-refractivity contribution is -0.128. The highest BCUT2D eigenvalue weighted by Crippen LogP contribution is 2.39. The third-order valence-electron chi connectivity index (χ3n) is 6.05.